The molecule has 0 spiro atoms. The first-order chi connectivity index (χ1) is 6.59. The van der Waals surface area contributed by atoms with E-state index in [0.29, 0.717) is 12.8 Å². The van der Waals surface area contributed by atoms with Crippen LogP contribution >= 0.6 is 0 Å². The van der Waals surface area contributed by atoms with Crippen molar-refractivity contribution in [2.45, 2.75) is 44.5 Å². The molecule has 1 fully saturated rings. The molecule has 1 aliphatic rings. The molecular formula is C10H16O4. The highest BCUT2D eigenvalue weighted by Gasteiger charge is 2.21. The zero-order valence-electron chi connectivity index (χ0n) is 8.22. The van der Waals surface area contributed by atoms with Crippen molar-refractivity contribution >= 4 is 5.97 Å². The molecular weight excluding hydrogens is 184 g/mol. The molecule has 80 valence electrons. The maximum Gasteiger partial charge on any atom is 0.306 e. The number of cyclic esters (lactones) is 1. The molecule has 0 amide bonds. The molecule has 1 heterocycles. The Hall–Kier alpha value is -0.870. The van der Waals surface area contributed by atoms with Gasteiger partial charge in [0.2, 0.25) is 0 Å². The van der Waals surface area contributed by atoms with E-state index in [9.17, 15) is 9.90 Å². The SMILES string of the molecule is C[C@@H](O)[C@H](O)/C=C\C[C@H]1CCC(=O)O1. The fourth-order valence-corrected chi connectivity index (χ4v) is 1.28. The third-order valence-corrected chi connectivity index (χ3v) is 2.20. The highest BCUT2D eigenvalue weighted by atomic mass is 16.5. The van der Waals surface area contributed by atoms with Gasteiger partial charge in [-0.25, -0.2) is 0 Å². The molecule has 4 nitrogen and oxygen atoms in total. The second-order valence-electron chi connectivity index (χ2n) is 3.55. The van der Waals surface area contributed by atoms with Crippen molar-refractivity contribution in [2.24, 2.45) is 0 Å². The van der Waals surface area contributed by atoms with E-state index in [1.807, 2.05) is 0 Å². The third-order valence-electron chi connectivity index (χ3n) is 2.20. The molecule has 3 atom stereocenters. The highest BCUT2D eigenvalue weighted by Crippen LogP contribution is 2.17. The van der Waals surface area contributed by atoms with Crippen LogP contribution in [0.5, 0.6) is 0 Å². The lowest BCUT2D eigenvalue weighted by Gasteiger charge is -2.09. The van der Waals surface area contributed by atoms with Crippen LogP contribution in [-0.2, 0) is 9.53 Å². The van der Waals surface area contributed by atoms with Gasteiger partial charge in [0.25, 0.3) is 0 Å². The summed E-state index contributed by atoms with van der Waals surface area (Å²) in [6, 6.07) is 0. The van der Waals surface area contributed by atoms with Gasteiger partial charge in [-0.05, 0) is 13.3 Å². The van der Waals surface area contributed by atoms with E-state index in [4.69, 9.17) is 9.84 Å². The number of rotatable bonds is 4. The third kappa shape index (κ3) is 3.47. The van der Waals surface area contributed by atoms with Gasteiger partial charge >= 0.3 is 5.97 Å². The first-order valence-corrected chi connectivity index (χ1v) is 4.82. The molecule has 4 heteroatoms. The number of carbonyl (C=O) groups is 1. The van der Waals surface area contributed by atoms with Gasteiger partial charge in [0.05, 0.1) is 12.2 Å². The monoisotopic (exact) mass is 200 g/mol. The number of hydrogen-bond donors (Lipinski definition) is 2. The first kappa shape index (κ1) is 11.2. The first-order valence-electron chi connectivity index (χ1n) is 4.82. The van der Waals surface area contributed by atoms with Gasteiger partial charge < -0.3 is 14.9 Å². The van der Waals surface area contributed by atoms with Gasteiger partial charge in [-0.3, -0.25) is 4.79 Å². The van der Waals surface area contributed by atoms with Crippen molar-refractivity contribution in [1.82, 2.24) is 0 Å². The van der Waals surface area contributed by atoms with Gasteiger partial charge in [-0.15, -0.1) is 0 Å². The van der Waals surface area contributed by atoms with Crippen molar-refractivity contribution in [1.29, 1.82) is 0 Å². The molecule has 0 radical (unpaired) electrons. The van der Waals surface area contributed by atoms with Crippen molar-refractivity contribution in [3.63, 3.8) is 0 Å². The van der Waals surface area contributed by atoms with Crippen LogP contribution in [0, 0.1) is 0 Å². The average Bonchev–Trinajstić information content (AvgIpc) is 2.51. The van der Waals surface area contributed by atoms with E-state index in [2.05, 4.69) is 0 Å². The Bertz CT molecular complexity index is 222. The second kappa shape index (κ2) is 5.12. The number of aliphatic hydroxyl groups is 2. The van der Waals surface area contributed by atoms with Crippen LogP contribution in [-0.4, -0.2) is 34.5 Å². The van der Waals surface area contributed by atoms with Crippen LogP contribution in [0.2, 0.25) is 0 Å². The topological polar surface area (TPSA) is 66.8 Å². The Morgan fingerprint density at radius 2 is 2.36 bits per heavy atom. The number of esters is 1. The smallest absolute Gasteiger partial charge is 0.306 e. The normalized spacial score (nSPS) is 26.5. The summed E-state index contributed by atoms with van der Waals surface area (Å²) in [6.07, 6.45) is 3.43. The molecule has 0 aliphatic carbocycles. The minimum atomic E-state index is -0.841. The minimum Gasteiger partial charge on any atom is -0.462 e. The van der Waals surface area contributed by atoms with Gasteiger partial charge in [0.15, 0.2) is 0 Å². The number of ether oxygens (including phenoxy) is 1. The standard InChI is InChI=1S/C10H16O4/c1-7(11)9(12)4-2-3-8-5-6-10(13)14-8/h2,4,7-9,11-12H,3,5-6H2,1H3/b4-2-/t7-,8+,9-/m1/s1. The predicted octanol–water partition coefficient (Wildman–Crippen LogP) is 0.380. The fourth-order valence-electron chi connectivity index (χ4n) is 1.28. The predicted molar refractivity (Wildman–Crippen MR) is 50.6 cm³/mol. The molecule has 2 N–H and O–H groups in total. The molecule has 1 rings (SSSR count). The molecule has 0 saturated carbocycles. The Labute approximate surface area is 83.2 Å². The number of aliphatic hydroxyl groups excluding tert-OH is 2. The molecule has 0 aromatic heterocycles. The van der Waals surface area contributed by atoms with Crippen LogP contribution in [0.4, 0.5) is 0 Å². The zero-order valence-corrected chi connectivity index (χ0v) is 8.22. The molecule has 0 bridgehead atoms. The Balaban J connectivity index is 2.23. The highest BCUT2D eigenvalue weighted by molar-refractivity contribution is 5.71. The summed E-state index contributed by atoms with van der Waals surface area (Å²) in [7, 11) is 0. The van der Waals surface area contributed by atoms with Gasteiger partial charge in [-0.2, -0.15) is 0 Å². The average molecular weight is 200 g/mol. The van der Waals surface area contributed by atoms with Gasteiger partial charge in [0.1, 0.15) is 6.10 Å². The van der Waals surface area contributed by atoms with Crippen LogP contribution in [0.3, 0.4) is 0 Å². The number of carbonyl (C=O) groups excluding carboxylic acids is 1. The zero-order chi connectivity index (χ0) is 10.6. The molecule has 1 aliphatic heterocycles. The lowest BCUT2D eigenvalue weighted by atomic mass is 10.1. The quantitative estimate of drug-likeness (QED) is 0.508. The maximum atomic E-state index is 10.7. The minimum absolute atomic E-state index is 0.0556. The Morgan fingerprint density at radius 3 is 2.86 bits per heavy atom. The summed E-state index contributed by atoms with van der Waals surface area (Å²) in [4.78, 5) is 10.7. The van der Waals surface area contributed by atoms with E-state index in [0.717, 1.165) is 6.42 Å². The molecule has 14 heavy (non-hydrogen) atoms. The largest absolute Gasteiger partial charge is 0.462 e. The molecule has 0 unspecified atom stereocenters. The summed E-state index contributed by atoms with van der Waals surface area (Å²) in [5.41, 5.74) is 0. The lowest BCUT2D eigenvalue weighted by molar-refractivity contribution is -0.141. The number of hydrogen-bond acceptors (Lipinski definition) is 4. The van der Waals surface area contributed by atoms with E-state index in [-0.39, 0.29) is 12.1 Å². The second-order valence-corrected chi connectivity index (χ2v) is 3.55. The van der Waals surface area contributed by atoms with Crippen LogP contribution in [0.1, 0.15) is 26.2 Å². The lowest BCUT2D eigenvalue weighted by Crippen LogP contribution is -2.19. The van der Waals surface area contributed by atoms with E-state index in [1.165, 1.54) is 13.0 Å². The van der Waals surface area contributed by atoms with E-state index < -0.39 is 12.2 Å². The van der Waals surface area contributed by atoms with Crippen molar-refractivity contribution in [3.8, 4) is 0 Å². The molecule has 1 saturated heterocycles. The summed E-state index contributed by atoms with van der Waals surface area (Å²) in [5.74, 6) is -0.153. The summed E-state index contributed by atoms with van der Waals surface area (Å²) < 4.78 is 4.97. The van der Waals surface area contributed by atoms with Crippen LogP contribution in [0.15, 0.2) is 12.2 Å². The van der Waals surface area contributed by atoms with E-state index in [1.54, 1.807) is 6.08 Å². The summed E-state index contributed by atoms with van der Waals surface area (Å²) in [6.45, 7) is 1.52. The summed E-state index contributed by atoms with van der Waals surface area (Å²) in [5, 5.41) is 18.2. The Kier molecular flexibility index (Phi) is 4.10. The molecule has 0 aromatic carbocycles. The van der Waals surface area contributed by atoms with Crippen molar-refractivity contribution in [2.75, 3.05) is 0 Å². The Morgan fingerprint density at radius 1 is 1.64 bits per heavy atom. The maximum absolute atomic E-state index is 10.7. The fraction of sp³-hybridized carbons (Fsp3) is 0.700. The van der Waals surface area contributed by atoms with Gasteiger partial charge in [0, 0.05) is 12.8 Å². The van der Waals surface area contributed by atoms with Crippen molar-refractivity contribution < 1.29 is 19.7 Å². The van der Waals surface area contributed by atoms with Gasteiger partial charge in [-0.1, -0.05) is 12.2 Å². The summed E-state index contributed by atoms with van der Waals surface area (Å²) >= 11 is 0. The molecule has 0 aromatic rings. The van der Waals surface area contributed by atoms with Crippen molar-refractivity contribution in [3.05, 3.63) is 12.2 Å². The van der Waals surface area contributed by atoms with Crippen LogP contribution in [0.25, 0.3) is 0 Å². The van der Waals surface area contributed by atoms with Crippen LogP contribution < -0.4 is 0 Å². The van der Waals surface area contributed by atoms with E-state index >= 15 is 0 Å².